The Labute approximate surface area is 150 Å². The van der Waals surface area contributed by atoms with Crippen LogP contribution < -0.4 is 10.2 Å². The number of piperidine rings is 1. The highest BCUT2D eigenvalue weighted by molar-refractivity contribution is 7.18. The summed E-state index contributed by atoms with van der Waals surface area (Å²) >= 11 is 1.26. The van der Waals surface area contributed by atoms with E-state index in [9.17, 15) is 14.4 Å². The lowest BCUT2D eigenvalue weighted by molar-refractivity contribution is -0.152. The molecule has 1 aromatic rings. The van der Waals surface area contributed by atoms with Gasteiger partial charge in [0.05, 0.1) is 32.0 Å². The standard InChI is InChI=1S/C16H22N2O6S/c1-22-14(19)12(15(20)23-2)17-10-9-11(18-7-5-4-6-8-18)25-13(10)16(21)24-3/h9,12,17H,4-8H2,1-3H3. The predicted molar refractivity (Wildman–Crippen MR) is 93.2 cm³/mol. The Morgan fingerprint density at radius 2 is 1.64 bits per heavy atom. The monoisotopic (exact) mass is 370 g/mol. The summed E-state index contributed by atoms with van der Waals surface area (Å²) in [4.78, 5) is 38.3. The Balaban J connectivity index is 2.32. The normalized spacial score (nSPS) is 14.2. The third-order valence-electron chi connectivity index (χ3n) is 3.93. The first kappa shape index (κ1) is 19.0. The van der Waals surface area contributed by atoms with Crippen LogP contribution in [0.2, 0.25) is 0 Å². The largest absolute Gasteiger partial charge is 0.467 e. The van der Waals surface area contributed by atoms with Gasteiger partial charge in [-0.1, -0.05) is 0 Å². The van der Waals surface area contributed by atoms with Crippen LogP contribution in [0.15, 0.2) is 6.07 Å². The molecule has 25 heavy (non-hydrogen) atoms. The van der Waals surface area contributed by atoms with Crippen molar-refractivity contribution in [1.82, 2.24) is 0 Å². The summed E-state index contributed by atoms with van der Waals surface area (Å²) in [5, 5.41) is 3.64. The first-order valence-electron chi connectivity index (χ1n) is 7.91. The number of hydrogen-bond donors (Lipinski definition) is 1. The van der Waals surface area contributed by atoms with E-state index in [0.29, 0.717) is 10.6 Å². The molecule has 8 nitrogen and oxygen atoms in total. The third kappa shape index (κ3) is 4.41. The van der Waals surface area contributed by atoms with E-state index in [4.69, 9.17) is 4.74 Å². The van der Waals surface area contributed by atoms with Crippen LogP contribution in [0.4, 0.5) is 10.7 Å². The second kappa shape index (κ2) is 8.70. The van der Waals surface area contributed by atoms with Crippen molar-refractivity contribution in [3.63, 3.8) is 0 Å². The van der Waals surface area contributed by atoms with Crippen molar-refractivity contribution in [3.8, 4) is 0 Å². The maximum absolute atomic E-state index is 12.1. The Kier molecular flexibility index (Phi) is 6.63. The third-order valence-corrected chi connectivity index (χ3v) is 5.11. The zero-order chi connectivity index (χ0) is 18.4. The number of carbonyl (C=O) groups is 3. The number of methoxy groups -OCH3 is 3. The highest BCUT2D eigenvalue weighted by Crippen LogP contribution is 2.36. The highest BCUT2D eigenvalue weighted by atomic mass is 32.1. The number of hydrogen-bond acceptors (Lipinski definition) is 9. The molecular weight excluding hydrogens is 348 g/mol. The van der Waals surface area contributed by atoms with Gasteiger partial charge in [-0.15, -0.1) is 11.3 Å². The van der Waals surface area contributed by atoms with Gasteiger partial charge in [0.25, 0.3) is 0 Å². The number of nitrogens with one attached hydrogen (secondary N) is 1. The van der Waals surface area contributed by atoms with Crippen molar-refractivity contribution in [3.05, 3.63) is 10.9 Å². The SMILES string of the molecule is COC(=O)c1sc(N2CCCCC2)cc1NC(C(=O)OC)C(=O)OC. The van der Waals surface area contributed by atoms with Crippen molar-refractivity contribution < 1.29 is 28.6 Å². The molecule has 138 valence electrons. The summed E-state index contributed by atoms with van der Waals surface area (Å²) in [7, 11) is 3.63. The van der Waals surface area contributed by atoms with Gasteiger partial charge in [0, 0.05) is 13.1 Å². The van der Waals surface area contributed by atoms with E-state index in [0.717, 1.165) is 30.9 Å². The van der Waals surface area contributed by atoms with Gasteiger partial charge in [-0.25, -0.2) is 14.4 Å². The van der Waals surface area contributed by atoms with Crippen LogP contribution in [-0.4, -0.2) is 58.4 Å². The van der Waals surface area contributed by atoms with Crippen LogP contribution in [0.5, 0.6) is 0 Å². The molecule has 0 amide bonds. The van der Waals surface area contributed by atoms with Crippen LogP contribution in [-0.2, 0) is 23.8 Å². The zero-order valence-electron chi connectivity index (χ0n) is 14.5. The molecule has 0 radical (unpaired) electrons. The number of rotatable bonds is 6. The van der Waals surface area contributed by atoms with E-state index >= 15 is 0 Å². The molecule has 1 aromatic heterocycles. The van der Waals surface area contributed by atoms with Crippen molar-refractivity contribution in [1.29, 1.82) is 0 Å². The molecule has 0 spiro atoms. The lowest BCUT2D eigenvalue weighted by Crippen LogP contribution is -2.39. The minimum Gasteiger partial charge on any atom is -0.467 e. The van der Waals surface area contributed by atoms with Crippen molar-refractivity contribution >= 4 is 39.9 Å². The molecule has 1 saturated heterocycles. The second-order valence-corrected chi connectivity index (χ2v) is 6.52. The molecule has 1 fully saturated rings. The molecule has 0 aliphatic carbocycles. The van der Waals surface area contributed by atoms with E-state index in [2.05, 4.69) is 19.7 Å². The van der Waals surface area contributed by atoms with E-state index in [-0.39, 0.29) is 0 Å². The van der Waals surface area contributed by atoms with E-state index < -0.39 is 23.9 Å². The number of thiophene rings is 1. The number of esters is 3. The molecule has 0 bridgehead atoms. The Bertz CT molecular complexity index is 623. The maximum atomic E-state index is 12.1. The minimum absolute atomic E-state index is 0.292. The van der Waals surface area contributed by atoms with E-state index in [1.165, 1.54) is 39.1 Å². The molecule has 2 heterocycles. The van der Waals surface area contributed by atoms with E-state index in [1.807, 2.05) is 0 Å². The topological polar surface area (TPSA) is 94.2 Å². The van der Waals surface area contributed by atoms with E-state index in [1.54, 1.807) is 6.07 Å². The first-order valence-corrected chi connectivity index (χ1v) is 8.72. The number of nitrogens with zero attached hydrogens (tertiary/aromatic N) is 1. The summed E-state index contributed by atoms with van der Waals surface area (Å²) in [6.45, 7) is 1.80. The lowest BCUT2D eigenvalue weighted by atomic mass is 10.1. The van der Waals surface area contributed by atoms with Gasteiger partial charge in [0.1, 0.15) is 4.88 Å². The lowest BCUT2D eigenvalue weighted by Gasteiger charge is -2.27. The van der Waals surface area contributed by atoms with Crippen LogP contribution >= 0.6 is 11.3 Å². The Morgan fingerprint density at radius 3 is 2.16 bits per heavy atom. The number of ether oxygens (including phenoxy) is 3. The van der Waals surface area contributed by atoms with Crippen molar-refractivity contribution in [2.75, 3.05) is 44.6 Å². The summed E-state index contributed by atoms with van der Waals surface area (Å²) in [6.07, 6.45) is 3.35. The summed E-state index contributed by atoms with van der Waals surface area (Å²) < 4.78 is 14.1. The molecule has 0 atom stereocenters. The van der Waals surface area contributed by atoms with Gasteiger partial charge in [-0.2, -0.15) is 0 Å². The van der Waals surface area contributed by atoms with Gasteiger partial charge in [0.2, 0.25) is 6.04 Å². The average molecular weight is 370 g/mol. The first-order chi connectivity index (χ1) is 12.0. The predicted octanol–water partition coefficient (Wildman–Crippen LogP) is 1.65. The van der Waals surface area contributed by atoms with Gasteiger partial charge < -0.3 is 24.4 Å². The van der Waals surface area contributed by atoms with Gasteiger partial charge in [-0.3, -0.25) is 0 Å². The minimum atomic E-state index is -1.36. The van der Waals surface area contributed by atoms with Crippen LogP contribution in [0.25, 0.3) is 0 Å². The fourth-order valence-electron chi connectivity index (χ4n) is 2.60. The van der Waals surface area contributed by atoms with Gasteiger partial charge in [-0.05, 0) is 25.3 Å². The molecule has 2 rings (SSSR count). The summed E-state index contributed by atoms with van der Waals surface area (Å²) in [6, 6.07) is 0.392. The Morgan fingerprint density at radius 1 is 1.04 bits per heavy atom. The molecule has 0 saturated carbocycles. The van der Waals surface area contributed by atoms with Gasteiger partial charge >= 0.3 is 17.9 Å². The number of carbonyl (C=O) groups excluding carboxylic acids is 3. The number of anilines is 2. The molecular formula is C16H22N2O6S. The van der Waals surface area contributed by atoms with Gasteiger partial charge in [0.15, 0.2) is 0 Å². The molecule has 1 aliphatic heterocycles. The summed E-state index contributed by atoms with van der Waals surface area (Å²) in [5.41, 5.74) is 0.346. The maximum Gasteiger partial charge on any atom is 0.350 e. The zero-order valence-corrected chi connectivity index (χ0v) is 15.3. The van der Waals surface area contributed by atoms with Crippen molar-refractivity contribution in [2.45, 2.75) is 25.3 Å². The average Bonchev–Trinajstić information content (AvgIpc) is 3.08. The molecule has 1 N–H and O–H groups in total. The molecule has 9 heteroatoms. The quantitative estimate of drug-likeness (QED) is 0.459. The molecule has 0 aromatic carbocycles. The van der Waals surface area contributed by atoms with Crippen LogP contribution in [0, 0.1) is 0 Å². The van der Waals surface area contributed by atoms with Crippen LogP contribution in [0.3, 0.4) is 0 Å². The highest BCUT2D eigenvalue weighted by Gasteiger charge is 2.31. The van der Waals surface area contributed by atoms with Crippen LogP contribution in [0.1, 0.15) is 28.9 Å². The van der Waals surface area contributed by atoms with Crippen molar-refractivity contribution in [2.24, 2.45) is 0 Å². The second-order valence-electron chi connectivity index (χ2n) is 5.49. The summed E-state index contributed by atoms with van der Waals surface area (Å²) in [5.74, 6) is -2.13. The Hall–Kier alpha value is -2.29. The fourth-order valence-corrected chi connectivity index (χ4v) is 3.70. The molecule has 0 unspecified atom stereocenters. The molecule has 1 aliphatic rings. The smallest absolute Gasteiger partial charge is 0.350 e. The fraction of sp³-hybridized carbons (Fsp3) is 0.562.